The molecule has 0 aliphatic carbocycles. The van der Waals surface area contributed by atoms with E-state index in [9.17, 15) is 19.2 Å². The fourth-order valence-electron chi connectivity index (χ4n) is 1.02. The van der Waals surface area contributed by atoms with E-state index in [4.69, 9.17) is 15.9 Å². The zero-order valence-corrected chi connectivity index (χ0v) is 10.7. The Morgan fingerprint density at radius 1 is 1.11 bits per heavy atom. The summed E-state index contributed by atoms with van der Waals surface area (Å²) in [6.07, 6.45) is 0. The molecule has 3 amide bonds. The molecule has 0 atom stereocenters. The second-order valence-corrected chi connectivity index (χ2v) is 4.55. The molecule has 0 radical (unpaired) electrons. The van der Waals surface area contributed by atoms with Crippen molar-refractivity contribution in [1.82, 2.24) is 10.2 Å². The van der Waals surface area contributed by atoms with Gasteiger partial charge < -0.3 is 26.2 Å². The van der Waals surface area contributed by atoms with E-state index in [2.05, 4.69) is 5.32 Å². The molecule has 0 heterocycles. The molecular formula is C10H17N3O6. The average Bonchev–Trinajstić information content (AvgIpc) is 2.23. The third-order valence-electron chi connectivity index (χ3n) is 2.29. The number of nitrogens with two attached hydrogens (primary N) is 1. The fraction of sp³-hybridized carbons (Fsp3) is 0.600. The molecule has 108 valence electrons. The van der Waals surface area contributed by atoms with Crippen LogP contribution in [0.4, 0.5) is 4.79 Å². The van der Waals surface area contributed by atoms with Crippen LogP contribution >= 0.6 is 0 Å². The lowest BCUT2D eigenvalue weighted by Gasteiger charge is -2.24. The third-order valence-corrected chi connectivity index (χ3v) is 2.29. The normalized spacial score (nSPS) is 10.6. The molecule has 9 nitrogen and oxygen atoms in total. The van der Waals surface area contributed by atoms with Gasteiger partial charge in [-0.3, -0.25) is 14.4 Å². The highest BCUT2D eigenvalue weighted by Gasteiger charge is 2.27. The van der Waals surface area contributed by atoms with Gasteiger partial charge in [0.15, 0.2) is 0 Å². The van der Waals surface area contributed by atoms with Crippen molar-refractivity contribution in [2.45, 2.75) is 13.8 Å². The van der Waals surface area contributed by atoms with Crippen molar-refractivity contribution in [2.24, 2.45) is 11.1 Å². The maximum Gasteiger partial charge on any atom is 0.323 e. The molecule has 0 aliphatic rings. The van der Waals surface area contributed by atoms with Crippen molar-refractivity contribution in [1.29, 1.82) is 0 Å². The van der Waals surface area contributed by atoms with Crippen LogP contribution in [-0.2, 0) is 14.4 Å². The van der Waals surface area contributed by atoms with Crippen molar-refractivity contribution in [3.05, 3.63) is 0 Å². The van der Waals surface area contributed by atoms with E-state index in [0.29, 0.717) is 4.90 Å². The number of nitrogens with zero attached hydrogens (tertiary/aromatic N) is 1. The molecule has 0 aromatic carbocycles. The Morgan fingerprint density at radius 3 is 1.84 bits per heavy atom. The number of hydrogen-bond acceptors (Lipinski definition) is 4. The van der Waals surface area contributed by atoms with Crippen molar-refractivity contribution >= 4 is 23.9 Å². The molecule has 0 saturated heterocycles. The summed E-state index contributed by atoms with van der Waals surface area (Å²) in [6.45, 7) is 1.35. The van der Waals surface area contributed by atoms with Crippen LogP contribution in [-0.4, -0.2) is 58.6 Å². The first-order valence-corrected chi connectivity index (χ1v) is 5.32. The smallest absolute Gasteiger partial charge is 0.323 e. The minimum atomic E-state index is -1.34. The Kier molecular flexibility index (Phi) is 5.77. The van der Waals surface area contributed by atoms with Crippen LogP contribution in [0, 0.1) is 5.41 Å². The lowest BCUT2D eigenvalue weighted by atomic mass is 9.93. The maximum absolute atomic E-state index is 11.6. The van der Waals surface area contributed by atoms with Gasteiger partial charge in [-0.1, -0.05) is 0 Å². The Morgan fingerprint density at radius 2 is 1.53 bits per heavy atom. The van der Waals surface area contributed by atoms with E-state index in [0.717, 1.165) is 0 Å². The monoisotopic (exact) mass is 275 g/mol. The minimum Gasteiger partial charge on any atom is -0.480 e. The second kappa shape index (κ2) is 6.57. The minimum absolute atomic E-state index is 0.128. The molecule has 0 fully saturated rings. The molecule has 5 N–H and O–H groups in total. The van der Waals surface area contributed by atoms with Gasteiger partial charge in [0, 0.05) is 6.54 Å². The summed E-state index contributed by atoms with van der Waals surface area (Å²) < 4.78 is 0. The quantitative estimate of drug-likeness (QED) is 0.452. The van der Waals surface area contributed by atoms with Gasteiger partial charge in [0.1, 0.15) is 13.1 Å². The Hall–Kier alpha value is -2.32. The predicted octanol–water partition coefficient (Wildman–Crippen LogP) is -1.32. The van der Waals surface area contributed by atoms with Crippen LogP contribution in [0.3, 0.4) is 0 Å². The molecule has 9 heteroatoms. The van der Waals surface area contributed by atoms with Crippen molar-refractivity contribution in [3.8, 4) is 0 Å². The summed E-state index contributed by atoms with van der Waals surface area (Å²) in [4.78, 5) is 44.3. The first-order valence-electron chi connectivity index (χ1n) is 5.32. The molecule has 0 rings (SSSR count). The van der Waals surface area contributed by atoms with Crippen molar-refractivity contribution in [3.63, 3.8) is 0 Å². The summed E-state index contributed by atoms with van der Waals surface area (Å²) in [5, 5.41) is 19.4. The molecule has 0 aliphatic heterocycles. The van der Waals surface area contributed by atoms with Gasteiger partial charge in [0.2, 0.25) is 5.91 Å². The number of carboxylic acid groups (broad SMARTS) is 2. The van der Waals surface area contributed by atoms with E-state index in [1.54, 1.807) is 0 Å². The number of primary amides is 1. The topological polar surface area (TPSA) is 150 Å². The molecule has 0 spiro atoms. The Balaban J connectivity index is 4.60. The molecule has 0 aromatic rings. The summed E-state index contributed by atoms with van der Waals surface area (Å²) >= 11 is 0. The van der Waals surface area contributed by atoms with E-state index >= 15 is 0 Å². The zero-order chi connectivity index (χ0) is 15.2. The molecule has 19 heavy (non-hydrogen) atoms. The molecule has 0 bridgehead atoms. The highest BCUT2D eigenvalue weighted by molar-refractivity contribution is 5.85. The fourth-order valence-corrected chi connectivity index (χ4v) is 1.02. The largest absolute Gasteiger partial charge is 0.480 e. The standard InChI is InChI=1S/C10H17N3O6/c1-10(2,8(11)18)5-12-9(19)13(3-6(14)15)4-7(16)17/h3-5H2,1-2H3,(H2,11,18)(H,12,19)(H,14,15)(H,16,17). The van der Waals surface area contributed by atoms with E-state index in [1.165, 1.54) is 13.8 Å². The van der Waals surface area contributed by atoms with E-state index < -0.39 is 42.4 Å². The average molecular weight is 275 g/mol. The number of carboxylic acids is 2. The number of aliphatic carboxylic acids is 2. The first kappa shape index (κ1) is 16.7. The number of amides is 3. The van der Waals surface area contributed by atoms with Crippen LogP contribution < -0.4 is 11.1 Å². The van der Waals surface area contributed by atoms with Gasteiger partial charge in [-0.15, -0.1) is 0 Å². The van der Waals surface area contributed by atoms with Crippen LogP contribution in [0.15, 0.2) is 0 Å². The van der Waals surface area contributed by atoms with Crippen LogP contribution in [0.2, 0.25) is 0 Å². The number of hydrogen-bond donors (Lipinski definition) is 4. The lowest BCUT2D eigenvalue weighted by molar-refractivity contribution is -0.140. The van der Waals surface area contributed by atoms with E-state index in [-0.39, 0.29) is 6.54 Å². The summed E-state index contributed by atoms with van der Waals surface area (Å²) in [7, 11) is 0. The molecule has 0 saturated carbocycles. The van der Waals surface area contributed by atoms with Crippen LogP contribution in [0.25, 0.3) is 0 Å². The van der Waals surface area contributed by atoms with Gasteiger partial charge >= 0.3 is 18.0 Å². The summed E-state index contributed by atoms with van der Waals surface area (Å²) in [5.41, 5.74) is 4.08. The molecule has 0 unspecified atom stereocenters. The lowest BCUT2D eigenvalue weighted by Crippen LogP contribution is -2.49. The summed E-state index contributed by atoms with van der Waals surface area (Å²) in [5.74, 6) is -3.33. The Bertz CT molecular complexity index is 377. The van der Waals surface area contributed by atoms with Crippen molar-refractivity contribution in [2.75, 3.05) is 19.6 Å². The zero-order valence-electron chi connectivity index (χ0n) is 10.7. The highest BCUT2D eigenvalue weighted by Crippen LogP contribution is 2.11. The first-order chi connectivity index (χ1) is 8.56. The molecule has 0 aromatic heterocycles. The van der Waals surface area contributed by atoms with Crippen molar-refractivity contribution < 1.29 is 29.4 Å². The maximum atomic E-state index is 11.6. The summed E-state index contributed by atoms with van der Waals surface area (Å²) in [6, 6.07) is -0.890. The highest BCUT2D eigenvalue weighted by atomic mass is 16.4. The SMILES string of the molecule is CC(C)(CNC(=O)N(CC(=O)O)CC(=O)O)C(N)=O. The second-order valence-electron chi connectivity index (χ2n) is 4.55. The van der Waals surface area contributed by atoms with Gasteiger partial charge in [-0.2, -0.15) is 0 Å². The predicted molar refractivity (Wildman–Crippen MR) is 63.2 cm³/mol. The van der Waals surface area contributed by atoms with Gasteiger partial charge in [-0.25, -0.2) is 4.79 Å². The molecular weight excluding hydrogens is 258 g/mol. The number of carbonyl (C=O) groups is 4. The number of rotatable bonds is 7. The number of urea groups is 1. The van der Waals surface area contributed by atoms with Gasteiger partial charge in [-0.05, 0) is 13.8 Å². The van der Waals surface area contributed by atoms with Gasteiger partial charge in [0.25, 0.3) is 0 Å². The number of nitrogens with one attached hydrogen (secondary N) is 1. The van der Waals surface area contributed by atoms with Crippen LogP contribution in [0.5, 0.6) is 0 Å². The third kappa shape index (κ3) is 6.24. The van der Waals surface area contributed by atoms with E-state index in [1.807, 2.05) is 0 Å². The Labute approximate surface area is 109 Å². The van der Waals surface area contributed by atoms with Crippen LogP contribution in [0.1, 0.15) is 13.8 Å². The van der Waals surface area contributed by atoms with Gasteiger partial charge in [0.05, 0.1) is 5.41 Å². The number of carbonyl (C=O) groups excluding carboxylic acids is 2.